The fourth-order valence-corrected chi connectivity index (χ4v) is 4.36. The van der Waals surface area contributed by atoms with Gasteiger partial charge in [0.15, 0.2) is 5.78 Å². The van der Waals surface area contributed by atoms with Gasteiger partial charge in [-0.05, 0) is 37.3 Å². The van der Waals surface area contributed by atoms with Crippen molar-refractivity contribution < 1.29 is 4.79 Å². The van der Waals surface area contributed by atoms with Crippen LogP contribution < -0.4 is 5.32 Å². The summed E-state index contributed by atoms with van der Waals surface area (Å²) in [5.74, 6) is 1.50. The molecule has 0 spiro atoms. The Bertz CT molecular complexity index is 515. The maximum absolute atomic E-state index is 12.5. The summed E-state index contributed by atoms with van der Waals surface area (Å²) in [5.41, 5.74) is 2.78. The van der Waals surface area contributed by atoms with E-state index in [1.54, 1.807) is 0 Å². The number of carbonyl (C=O) groups excluding carboxylic acids is 1. The van der Waals surface area contributed by atoms with Gasteiger partial charge in [-0.2, -0.15) is 0 Å². The number of hydrogen-bond acceptors (Lipinski definition) is 2. The van der Waals surface area contributed by atoms with Crippen molar-refractivity contribution in [2.75, 3.05) is 13.1 Å². The van der Waals surface area contributed by atoms with Crippen molar-refractivity contribution in [3.8, 4) is 0 Å². The lowest BCUT2D eigenvalue weighted by molar-refractivity contribution is 0.0889. The summed E-state index contributed by atoms with van der Waals surface area (Å²) < 4.78 is 0. The van der Waals surface area contributed by atoms with Gasteiger partial charge in [0.25, 0.3) is 0 Å². The normalized spacial score (nSPS) is 32.9. The Balaban J connectivity index is 1.51. The van der Waals surface area contributed by atoms with Gasteiger partial charge < -0.3 is 5.32 Å². The largest absolute Gasteiger partial charge is 0.316 e. The number of rotatable bonds is 3. The number of hydrogen-bond donors (Lipinski definition) is 1. The van der Waals surface area contributed by atoms with Gasteiger partial charge >= 0.3 is 0 Å². The third kappa shape index (κ3) is 1.93. The van der Waals surface area contributed by atoms with E-state index in [-0.39, 0.29) is 5.92 Å². The predicted molar refractivity (Wildman–Crippen MR) is 80.0 cm³/mol. The van der Waals surface area contributed by atoms with Crippen molar-refractivity contribution in [2.45, 2.75) is 43.9 Å². The van der Waals surface area contributed by atoms with Crippen molar-refractivity contribution in [1.29, 1.82) is 0 Å². The van der Waals surface area contributed by atoms with E-state index in [4.69, 9.17) is 0 Å². The molecule has 1 saturated heterocycles. The number of fused-ring (bicyclic) bond motifs is 1. The molecule has 2 unspecified atom stereocenters. The SMILES string of the molecule is O=C(c1ccc(C23CNCC2C3)cc1)C1CCCCC1. The third-order valence-electron chi connectivity index (χ3n) is 5.78. The smallest absolute Gasteiger partial charge is 0.165 e. The molecule has 2 heteroatoms. The third-order valence-corrected chi connectivity index (χ3v) is 5.78. The van der Waals surface area contributed by atoms with Crippen LogP contribution in [0, 0.1) is 11.8 Å². The van der Waals surface area contributed by atoms with E-state index in [2.05, 4.69) is 29.6 Å². The van der Waals surface area contributed by atoms with Crippen molar-refractivity contribution in [1.82, 2.24) is 5.32 Å². The van der Waals surface area contributed by atoms with Gasteiger partial charge in [-0.1, -0.05) is 43.5 Å². The van der Waals surface area contributed by atoms with E-state index in [1.165, 1.54) is 37.8 Å². The van der Waals surface area contributed by atoms with Crippen LogP contribution in [0.4, 0.5) is 0 Å². The molecule has 0 bridgehead atoms. The lowest BCUT2D eigenvalue weighted by Crippen LogP contribution is -2.20. The van der Waals surface area contributed by atoms with Gasteiger partial charge in [0.2, 0.25) is 0 Å². The van der Waals surface area contributed by atoms with E-state index in [9.17, 15) is 4.79 Å². The second-order valence-corrected chi connectivity index (χ2v) is 6.96. The Kier molecular flexibility index (Phi) is 2.95. The Labute approximate surface area is 121 Å². The molecule has 2 saturated carbocycles. The van der Waals surface area contributed by atoms with Crippen LogP contribution in [0.15, 0.2) is 24.3 Å². The average molecular weight is 269 g/mol. The molecule has 0 aromatic heterocycles. The zero-order valence-electron chi connectivity index (χ0n) is 12.0. The van der Waals surface area contributed by atoms with Crippen molar-refractivity contribution >= 4 is 5.78 Å². The number of nitrogens with one attached hydrogen (secondary N) is 1. The first-order chi connectivity index (χ1) is 9.79. The Morgan fingerprint density at radius 2 is 1.85 bits per heavy atom. The summed E-state index contributed by atoms with van der Waals surface area (Å²) in [6, 6.07) is 8.58. The monoisotopic (exact) mass is 269 g/mol. The molecule has 2 aliphatic carbocycles. The standard InChI is InChI=1S/C18H23NO/c20-17(13-4-2-1-3-5-13)14-6-8-15(9-7-14)18-10-16(18)11-19-12-18/h6-9,13,16,19H,1-5,10-12H2. The molecule has 20 heavy (non-hydrogen) atoms. The van der Waals surface area contributed by atoms with E-state index in [1.807, 2.05) is 0 Å². The molecular weight excluding hydrogens is 246 g/mol. The lowest BCUT2D eigenvalue weighted by atomic mass is 9.83. The number of benzene rings is 1. The molecule has 1 N–H and O–H groups in total. The van der Waals surface area contributed by atoms with Crippen LogP contribution in [-0.2, 0) is 5.41 Å². The Morgan fingerprint density at radius 1 is 1.10 bits per heavy atom. The number of ketones is 1. The molecular formula is C18H23NO. The van der Waals surface area contributed by atoms with Gasteiger partial charge in [-0.3, -0.25) is 4.79 Å². The molecule has 0 radical (unpaired) electrons. The highest BCUT2D eigenvalue weighted by Gasteiger charge is 2.57. The summed E-state index contributed by atoms with van der Waals surface area (Å²) >= 11 is 0. The molecule has 1 aromatic carbocycles. The van der Waals surface area contributed by atoms with E-state index in [0.29, 0.717) is 11.2 Å². The minimum absolute atomic E-state index is 0.287. The zero-order valence-corrected chi connectivity index (χ0v) is 12.0. The highest BCUT2D eigenvalue weighted by Crippen LogP contribution is 2.56. The molecule has 1 aromatic rings. The molecule has 1 aliphatic heterocycles. The first kappa shape index (κ1) is 12.6. The minimum Gasteiger partial charge on any atom is -0.316 e. The Morgan fingerprint density at radius 3 is 2.45 bits per heavy atom. The van der Waals surface area contributed by atoms with Crippen LogP contribution in [0.3, 0.4) is 0 Å². The van der Waals surface area contributed by atoms with E-state index < -0.39 is 0 Å². The van der Waals surface area contributed by atoms with Crippen LogP contribution in [0.1, 0.15) is 54.4 Å². The van der Waals surface area contributed by atoms with Crippen molar-refractivity contribution in [3.63, 3.8) is 0 Å². The molecule has 2 nitrogen and oxygen atoms in total. The quantitative estimate of drug-likeness (QED) is 0.853. The van der Waals surface area contributed by atoms with Gasteiger partial charge in [0.05, 0.1) is 0 Å². The van der Waals surface area contributed by atoms with Crippen LogP contribution >= 0.6 is 0 Å². The summed E-state index contributed by atoms with van der Waals surface area (Å²) in [5, 5.41) is 3.48. The highest BCUT2D eigenvalue weighted by molar-refractivity contribution is 5.97. The molecule has 2 atom stereocenters. The minimum atomic E-state index is 0.287. The lowest BCUT2D eigenvalue weighted by Gasteiger charge is -2.20. The maximum Gasteiger partial charge on any atom is 0.165 e. The second kappa shape index (κ2) is 4.70. The van der Waals surface area contributed by atoms with Crippen molar-refractivity contribution in [2.24, 2.45) is 11.8 Å². The van der Waals surface area contributed by atoms with E-state index in [0.717, 1.165) is 30.9 Å². The number of Topliss-reactive ketones (excluding diaryl/α,β-unsaturated/α-hetero) is 1. The molecule has 3 fully saturated rings. The van der Waals surface area contributed by atoms with Gasteiger partial charge in [-0.25, -0.2) is 0 Å². The maximum atomic E-state index is 12.5. The zero-order chi connectivity index (χ0) is 13.6. The summed E-state index contributed by atoms with van der Waals surface area (Å²) in [6.07, 6.45) is 7.28. The second-order valence-electron chi connectivity index (χ2n) is 6.96. The first-order valence-electron chi connectivity index (χ1n) is 8.15. The number of piperidine rings is 1. The van der Waals surface area contributed by atoms with Crippen LogP contribution in [-0.4, -0.2) is 18.9 Å². The predicted octanol–water partition coefficient (Wildman–Crippen LogP) is 3.31. The van der Waals surface area contributed by atoms with Crippen LogP contribution in [0.2, 0.25) is 0 Å². The van der Waals surface area contributed by atoms with E-state index >= 15 is 0 Å². The summed E-state index contributed by atoms with van der Waals surface area (Å²) in [7, 11) is 0. The van der Waals surface area contributed by atoms with Gasteiger partial charge in [0, 0.05) is 23.4 Å². The molecule has 1 heterocycles. The Hall–Kier alpha value is -1.15. The first-order valence-corrected chi connectivity index (χ1v) is 8.15. The average Bonchev–Trinajstić information content (AvgIpc) is 3.09. The van der Waals surface area contributed by atoms with Crippen LogP contribution in [0.25, 0.3) is 0 Å². The molecule has 4 rings (SSSR count). The van der Waals surface area contributed by atoms with Crippen molar-refractivity contribution in [3.05, 3.63) is 35.4 Å². The molecule has 3 aliphatic rings. The fraction of sp³-hybridized carbons (Fsp3) is 0.611. The summed E-state index contributed by atoms with van der Waals surface area (Å²) in [4.78, 5) is 12.5. The molecule has 106 valence electrons. The summed E-state index contributed by atoms with van der Waals surface area (Å²) in [6.45, 7) is 2.29. The van der Waals surface area contributed by atoms with Gasteiger partial charge in [0.1, 0.15) is 0 Å². The molecule has 0 amide bonds. The number of carbonyl (C=O) groups is 1. The van der Waals surface area contributed by atoms with Crippen LogP contribution in [0.5, 0.6) is 0 Å². The van der Waals surface area contributed by atoms with Gasteiger partial charge in [-0.15, -0.1) is 0 Å². The fourth-order valence-electron chi connectivity index (χ4n) is 4.36. The topological polar surface area (TPSA) is 29.1 Å². The highest BCUT2D eigenvalue weighted by atomic mass is 16.1.